The molecule has 0 radical (unpaired) electrons. The molecule has 0 aliphatic rings. The van der Waals surface area contributed by atoms with Crippen LogP contribution < -0.4 is 5.32 Å². The summed E-state index contributed by atoms with van der Waals surface area (Å²) < 4.78 is 61.3. The van der Waals surface area contributed by atoms with E-state index in [1.165, 1.54) is 5.32 Å². The number of hydrogen-bond acceptors (Lipinski definition) is 2. The molecule has 1 aromatic rings. The standard InChI is InChI=1S/C10H5ClF5NO3/c11-4-1-2-6(5(3-4)7(18)19)17-8(20)9(12,13)10(14,15)16/h1-3H,(H,17,20)(H,18,19). The third kappa shape index (κ3) is 3.16. The fourth-order valence-electron chi connectivity index (χ4n) is 1.13. The molecule has 0 bridgehead atoms. The van der Waals surface area contributed by atoms with Gasteiger partial charge in [0.2, 0.25) is 0 Å². The van der Waals surface area contributed by atoms with E-state index in [1.54, 1.807) is 0 Å². The van der Waals surface area contributed by atoms with Gasteiger partial charge in [-0.25, -0.2) is 4.79 Å². The molecule has 0 aliphatic carbocycles. The maximum atomic E-state index is 12.7. The van der Waals surface area contributed by atoms with E-state index in [1.807, 2.05) is 0 Å². The summed E-state index contributed by atoms with van der Waals surface area (Å²) in [6, 6.07) is 2.62. The van der Waals surface area contributed by atoms with E-state index in [0.29, 0.717) is 0 Å². The fraction of sp³-hybridized carbons (Fsp3) is 0.200. The first-order valence-electron chi connectivity index (χ1n) is 4.75. The van der Waals surface area contributed by atoms with Crippen LogP contribution in [-0.2, 0) is 4.79 Å². The van der Waals surface area contributed by atoms with Gasteiger partial charge >= 0.3 is 24.0 Å². The van der Waals surface area contributed by atoms with Crippen LogP contribution in [0.3, 0.4) is 0 Å². The van der Waals surface area contributed by atoms with E-state index in [9.17, 15) is 31.5 Å². The van der Waals surface area contributed by atoms with Gasteiger partial charge in [0.25, 0.3) is 0 Å². The van der Waals surface area contributed by atoms with Gasteiger partial charge in [0, 0.05) is 5.02 Å². The molecule has 1 rings (SSSR count). The lowest BCUT2D eigenvalue weighted by molar-refractivity contribution is -0.267. The predicted molar refractivity (Wildman–Crippen MR) is 58.0 cm³/mol. The van der Waals surface area contributed by atoms with E-state index in [0.717, 1.165) is 18.2 Å². The summed E-state index contributed by atoms with van der Waals surface area (Å²) in [7, 11) is 0. The number of benzene rings is 1. The van der Waals surface area contributed by atoms with Gasteiger partial charge in [-0.3, -0.25) is 4.79 Å². The van der Waals surface area contributed by atoms with Crippen molar-refractivity contribution in [3.05, 3.63) is 28.8 Å². The van der Waals surface area contributed by atoms with Crippen molar-refractivity contribution in [2.75, 3.05) is 5.32 Å². The Bertz CT molecular complexity index is 558. The van der Waals surface area contributed by atoms with Gasteiger partial charge in [0.15, 0.2) is 0 Å². The fourth-order valence-corrected chi connectivity index (χ4v) is 1.30. The summed E-state index contributed by atoms with van der Waals surface area (Å²) in [6.07, 6.45) is -6.09. The lowest BCUT2D eigenvalue weighted by atomic mass is 10.1. The Balaban J connectivity index is 3.12. The molecule has 2 N–H and O–H groups in total. The highest BCUT2D eigenvalue weighted by molar-refractivity contribution is 6.31. The van der Waals surface area contributed by atoms with Crippen molar-refractivity contribution in [3.8, 4) is 0 Å². The van der Waals surface area contributed by atoms with Crippen molar-refractivity contribution in [2.24, 2.45) is 0 Å². The molecule has 110 valence electrons. The van der Waals surface area contributed by atoms with E-state index in [2.05, 4.69) is 0 Å². The second-order valence-electron chi connectivity index (χ2n) is 3.52. The van der Waals surface area contributed by atoms with Gasteiger partial charge in [0.05, 0.1) is 11.3 Å². The number of carbonyl (C=O) groups is 2. The van der Waals surface area contributed by atoms with E-state index in [4.69, 9.17) is 16.7 Å². The van der Waals surface area contributed by atoms with E-state index >= 15 is 0 Å². The maximum Gasteiger partial charge on any atom is 0.463 e. The third-order valence-electron chi connectivity index (χ3n) is 2.10. The van der Waals surface area contributed by atoms with Gasteiger partial charge in [-0.1, -0.05) is 11.6 Å². The van der Waals surface area contributed by atoms with Crippen LogP contribution in [0.15, 0.2) is 18.2 Å². The van der Waals surface area contributed by atoms with Gasteiger partial charge in [-0.15, -0.1) is 0 Å². The number of anilines is 1. The molecule has 4 nitrogen and oxygen atoms in total. The Kier molecular flexibility index (Phi) is 4.23. The summed E-state index contributed by atoms with van der Waals surface area (Å²) in [5.74, 6) is -9.99. The van der Waals surface area contributed by atoms with Crippen molar-refractivity contribution in [3.63, 3.8) is 0 Å². The van der Waals surface area contributed by atoms with Crippen LogP contribution in [0.4, 0.5) is 27.6 Å². The minimum absolute atomic E-state index is 0.0945. The maximum absolute atomic E-state index is 12.7. The monoisotopic (exact) mass is 317 g/mol. The highest BCUT2D eigenvalue weighted by Crippen LogP contribution is 2.36. The first-order chi connectivity index (χ1) is 8.96. The first-order valence-corrected chi connectivity index (χ1v) is 5.13. The number of hydrogen-bond donors (Lipinski definition) is 2. The molecule has 0 aromatic heterocycles. The van der Waals surface area contributed by atoms with Gasteiger partial charge in [-0.05, 0) is 18.2 Å². The molecule has 0 heterocycles. The Labute approximate surface area is 113 Å². The number of carboxylic acid groups (broad SMARTS) is 1. The minimum atomic E-state index is -6.09. The summed E-state index contributed by atoms with van der Waals surface area (Å²) >= 11 is 5.46. The van der Waals surface area contributed by atoms with Crippen LogP contribution in [-0.4, -0.2) is 29.1 Å². The number of nitrogens with one attached hydrogen (secondary N) is 1. The Morgan fingerprint density at radius 3 is 2.15 bits per heavy atom. The van der Waals surface area contributed by atoms with Crippen molar-refractivity contribution in [1.82, 2.24) is 0 Å². The van der Waals surface area contributed by atoms with Crippen molar-refractivity contribution < 1.29 is 36.6 Å². The Hall–Kier alpha value is -1.90. The molecular weight excluding hydrogens is 313 g/mol. The van der Waals surface area contributed by atoms with Crippen LogP contribution in [0.5, 0.6) is 0 Å². The minimum Gasteiger partial charge on any atom is -0.478 e. The number of amides is 1. The lowest BCUT2D eigenvalue weighted by Gasteiger charge is -2.19. The normalized spacial score (nSPS) is 12.1. The van der Waals surface area contributed by atoms with Crippen LogP contribution in [0.1, 0.15) is 10.4 Å². The molecule has 0 unspecified atom stereocenters. The number of halogens is 6. The summed E-state index contributed by atoms with van der Waals surface area (Å²) in [5.41, 5.74) is -1.44. The van der Waals surface area contributed by atoms with Crippen molar-refractivity contribution in [2.45, 2.75) is 12.1 Å². The average molecular weight is 318 g/mol. The average Bonchev–Trinajstić information content (AvgIpc) is 2.29. The molecular formula is C10H5ClF5NO3. The summed E-state index contributed by atoms with van der Waals surface area (Å²) in [4.78, 5) is 21.7. The van der Waals surface area contributed by atoms with Gasteiger partial charge < -0.3 is 10.4 Å². The summed E-state index contributed by atoms with van der Waals surface area (Å²) in [6.45, 7) is 0. The number of alkyl halides is 5. The van der Waals surface area contributed by atoms with E-state index < -0.39 is 35.2 Å². The SMILES string of the molecule is O=C(O)c1cc(Cl)ccc1NC(=O)C(F)(F)C(F)(F)F. The van der Waals surface area contributed by atoms with Crippen LogP contribution in [0, 0.1) is 0 Å². The van der Waals surface area contributed by atoms with Crippen LogP contribution in [0.2, 0.25) is 5.02 Å². The largest absolute Gasteiger partial charge is 0.478 e. The number of carboxylic acids is 1. The first kappa shape index (κ1) is 16.2. The van der Waals surface area contributed by atoms with Crippen molar-refractivity contribution >= 4 is 29.2 Å². The molecule has 0 saturated carbocycles. The van der Waals surface area contributed by atoms with Gasteiger partial charge in [0.1, 0.15) is 0 Å². The quantitative estimate of drug-likeness (QED) is 0.841. The second kappa shape index (κ2) is 5.23. The molecule has 1 aromatic carbocycles. The number of carbonyl (C=O) groups excluding carboxylic acids is 1. The van der Waals surface area contributed by atoms with Crippen LogP contribution >= 0.6 is 11.6 Å². The third-order valence-corrected chi connectivity index (χ3v) is 2.34. The zero-order chi connectivity index (χ0) is 15.7. The molecule has 0 atom stereocenters. The molecule has 10 heteroatoms. The molecule has 20 heavy (non-hydrogen) atoms. The number of aromatic carboxylic acids is 1. The lowest BCUT2D eigenvalue weighted by Crippen LogP contribution is -2.47. The predicted octanol–water partition coefficient (Wildman–Crippen LogP) is 3.17. The Morgan fingerprint density at radius 1 is 1.15 bits per heavy atom. The zero-order valence-corrected chi connectivity index (χ0v) is 10.0. The molecule has 0 saturated heterocycles. The Morgan fingerprint density at radius 2 is 1.70 bits per heavy atom. The molecule has 0 spiro atoms. The second-order valence-corrected chi connectivity index (χ2v) is 3.96. The molecule has 0 aliphatic heterocycles. The molecule has 0 fully saturated rings. The number of rotatable bonds is 3. The van der Waals surface area contributed by atoms with Crippen molar-refractivity contribution in [1.29, 1.82) is 0 Å². The summed E-state index contributed by atoms with van der Waals surface area (Å²) in [5, 5.41) is 9.87. The highest BCUT2D eigenvalue weighted by Gasteiger charge is 2.63. The topological polar surface area (TPSA) is 66.4 Å². The smallest absolute Gasteiger partial charge is 0.463 e. The van der Waals surface area contributed by atoms with E-state index in [-0.39, 0.29) is 5.02 Å². The van der Waals surface area contributed by atoms with Gasteiger partial charge in [-0.2, -0.15) is 22.0 Å². The molecule has 1 amide bonds. The highest BCUT2D eigenvalue weighted by atomic mass is 35.5. The zero-order valence-electron chi connectivity index (χ0n) is 9.26. The van der Waals surface area contributed by atoms with Crippen LogP contribution in [0.25, 0.3) is 0 Å².